The van der Waals surface area contributed by atoms with E-state index in [0.29, 0.717) is 45.9 Å². The summed E-state index contributed by atoms with van der Waals surface area (Å²) in [6.45, 7) is 2.85. The Balaban J connectivity index is 1.41. The van der Waals surface area contributed by atoms with Crippen LogP contribution in [-0.4, -0.2) is 47.8 Å². The van der Waals surface area contributed by atoms with Gasteiger partial charge in [-0.1, -0.05) is 24.4 Å². The SMILES string of the molecule is O=C(c1sc2cc(F)ccc2c1Cl)N1CCC(C(=O)N2CCCCCC2)CC1. The number of carbonyl (C=O) groups is 2. The number of nitrogens with zero attached hydrogens (tertiary/aromatic N) is 2. The number of benzene rings is 1. The van der Waals surface area contributed by atoms with E-state index in [-0.39, 0.29) is 23.5 Å². The molecule has 2 fully saturated rings. The van der Waals surface area contributed by atoms with Crippen molar-refractivity contribution in [3.63, 3.8) is 0 Å². The highest BCUT2D eigenvalue weighted by molar-refractivity contribution is 7.21. The van der Waals surface area contributed by atoms with Gasteiger partial charge in [-0.25, -0.2) is 4.39 Å². The van der Waals surface area contributed by atoms with E-state index in [4.69, 9.17) is 11.6 Å². The summed E-state index contributed by atoms with van der Waals surface area (Å²) in [6, 6.07) is 4.39. The molecule has 2 amide bonds. The van der Waals surface area contributed by atoms with Crippen molar-refractivity contribution in [2.24, 2.45) is 5.92 Å². The average Bonchev–Trinajstić information content (AvgIpc) is 2.89. The molecule has 0 atom stereocenters. The van der Waals surface area contributed by atoms with E-state index in [9.17, 15) is 14.0 Å². The maximum absolute atomic E-state index is 13.5. The molecular weight excluding hydrogens is 399 g/mol. The monoisotopic (exact) mass is 422 g/mol. The standard InChI is InChI=1S/C21H24ClFN2O2S/c22-18-16-6-5-15(23)13-17(16)28-19(18)21(27)25-11-7-14(8-12-25)20(26)24-9-3-1-2-4-10-24/h5-6,13-14H,1-4,7-12H2. The summed E-state index contributed by atoms with van der Waals surface area (Å²) < 4.78 is 14.1. The number of amides is 2. The molecule has 0 radical (unpaired) electrons. The van der Waals surface area contributed by atoms with Gasteiger partial charge in [-0.05, 0) is 43.9 Å². The molecule has 1 aromatic carbocycles. The van der Waals surface area contributed by atoms with Crippen LogP contribution in [0.5, 0.6) is 0 Å². The van der Waals surface area contributed by atoms with E-state index >= 15 is 0 Å². The minimum Gasteiger partial charge on any atom is -0.342 e. The van der Waals surface area contributed by atoms with Gasteiger partial charge in [-0.2, -0.15) is 0 Å². The Labute approximate surface area is 173 Å². The molecule has 28 heavy (non-hydrogen) atoms. The molecule has 3 heterocycles. The number of carbonyl (C=O) groups excluding carboxylic acids is 2. The fourth-order valence-corrected chi connectivity index (χ4v) is 5.70. The van der Waals surface area contributed by atoms with Gasteiger partial charge in [0.2, 0.25) is 5.91 Å². The van der Waals surface area contributed by atoms with Gasteiger partial charge in [0.15, 0.2) is 0 Å². The highest BCUT2D eigenvalue weighted by Gasteiger charge is 2.32. The summed E-state index contributed by atoms with van der Waals surface area (Å²) in [4.78, 5) is 30.0. The third kappa shape index (κ3) is 3.90. The first kappa shape index (κ1) is 19.6. The normalized spacial score (nSPS) is 19.1. The van der Waals surface area contributed by atoms with Crippen molar-refractivity contribution in [3.8, 4) is 0 Å². The number of likely N-dealkylation sites (tertiary alicyclic amines) is 2. The molecule has 0 unspecified atom stereocenters. The second kappa shape index (κ2) is 8.37. The third-order valence-electron chi connectivity index (χ3n) is 5.83. The van der Waals surface area contributed by atoms with Crippen molar-refractivity contribution in [3.05, 3.63) is 33.9 Å². The van der Waals surface area contributed by atoms with Gasteiger partial charge in [0, 0.05) is 42.2 Å². The first-order chi connectivity index (χ1) is 13.5. The third-order valence-corrected chi connectivity index (χ3v) is 7.48. The van der Waals surface area contributed by atoms with Crippen LogP contribution in [0.4, 0.5) is 4.39 Å². The highest BCUT2D eigenvalue weighted by atomic mass is 35.5. The zero-order valence-electron chi connectivity index (χ0n) is 15.8. The van der Waals surface area contributed by atoms with E-state index in [2.05, 4.69) is 0 Å². The average molecular weight is 423 g/mol. The van der Waals surface area contributed by atoms with E-state index in [1.54, 1.807) is 11.0 Å². The zero-order valence-corrected chi connectivity index (χ0v) is 17.3. The predicted molar refractivity (Wildman–Crippen MR) is 110 cm³/mol. The van der Waals surface area contributed by atoms with E-state index in [1.807, 2.05) is 4.90 Å². The molecule has 2 aliphatic rings. The fourth-order valence-electron chi connectivity index (χ4n) is 4.20. The molecule has 2 aliphatic heterocycles. The number of hydrogen-bond acceptors (Lipinski definition) is 3. The molecule has 4 rings (SSSR count). The van der Waals surface area contributed by atoms with Gasteiger partial charge in [0.25, 0.3) is 5.91 Å². The second-order valence-corrected chi connectivity index (χ2v) is 9.12. The summed E-state index contributed by atoms with van der Waals surface area (Å²) in [5.74, 6) is -0.192. The quantitative estimate of drug-likeness (QED) is 0.687. The van der Waals surface area contributed by atoms with E-state index < -0.39 is 0 Å². The fraction of sp³-hybridized carbons (Fsp3) is 0.524. The molecular formula is C21H24ClFN2O2S. The van der Waals surface area contributed by atoms with Crippen LogP contribution in [-0.2, 0) is 4.79 Å². The summed E-state index contributed by atoms with van der Waals surface area (Å²) >= 11 is 7.63. The number of piperidine rings is 1. The van der Waals surface area contributed by atoms with Crippen LogP contribution in [0, 0.1) is 11.7 Å². The molecule has 2 aromatic rings. The molecule has 0 bridgehead atoms. The number of rotatable bonds is 2. The minimum atomic E-state index is -0.336. The molecule has 1 aromatic heterocycles. The van der Waals surface area contributed by atoms with E-state index in [0.717, 1.165) is 25.9 Å². The van der Waals surface area contributed by atoms with Gasteiger partial charge in [0.05, 0.1) is 5.02 Å². The van der Waals surface area contributed by atoms with Gasteiger partial charge in [-0.15, -0.1) is 11.3 Å². The van der Waals surface area contributed by atoms with Crippen LogP contribution in [0.25, 0.3) is 10.1 Å². The highest BCUT2D eigenvalue weighted by Crippen LogP contribution is 2.37. The zero-order chi connectivity index (χ0) is 19.7. The first-order valence-electron chi connectivity index (χ1n) is 10.00. The molecule has 7 heteroatoms. The number of fused-ring (bicyclic) bond motifs is 1. The molecule has 2 saturated heterocycles. The lowest BCUT2D eigenvalue weighted by Gasteiger charge is -2.34. The van der Waals surface area contributed by atoms with Crippen LogP contribution < -0.4 is 0 Å². The Morgan fingerprint density at radius 2 is 1.68 bits per heavy atom. The summed E-state index contributed by atoms with van der Waals surface area (Å²) in [7, 11) is 0. The van der Waals surface area contributed by atoms with Crippen LogP contribution >= 0.6 is 22.9 Å². The molecule has 0 aliphatic carbocycles. The molecule has 150 valence electrons. The van der Waals surface area contributed by atoms with Crippen molar-refractivity contribution < 1.29 is 14.0 Å². The van der Waals surface area contributed by atoms with Crippen molar-refractivity contribution in [1.29, 1.82) is 0 Å². The van der Waals surface area contributed by atoms with Gasteiger partial charge in [-0.3, -0.25) is 9.59 Å². The van der Waals surface area contributed by atoms with E-state index in [1.165, 1.54) is 36.3 Å². The van der Waals surface area contributed by atoms with Crippen LogP contribution in [0.2, 0.25) is 5.02 Å². The predicted octanol–water partition coefficient (Wildman–Crippen LogP) is 4.95. The largest absolute Gasteiger partial charge is 0.342 e. The molecule has 0 saturated carbocycles. The van der Waals surface area contributed by atoms with Gasteiger partial charge < -0.3 is 9.80 Å². The maximum Gasteiger partial charge on any atom is 0.265 e. The topological polar surface area (TPSA) is 40.6 Å². The molecule has 0 spiro atoms. The summed E-state index contributed by atoms with van der Waals surface area (Å²) in [6.07, 6.45) is 5.98. The van der Waals surface area contributed by atoms with Gasteiger partial charge in [0.1, 0.15) is 10.7 Å². The smallest absolute Gasteiger partial charge is 0.265 e. The first-order valence-corrected chi connectivity index (χ1v) is 11.2. The van der Waals surface area contributed by atoms with Crippen molar-refractivity contribution >= 4 is 44.8 Å². The Kier molecular flexibility index (Phi) is 5.88. The minimum absolute atomic E-state index is 0.00845. The van der Waals surface area contributed by atoms with Crippen LogP contribution in [0.1, 0.15) is 48.2 Å². The Bertz CT molecular complexity index is 884. The lowest BCUT2D eigenvalue weighted by molar-refractivity contribution is -0.136. The summed E-state index contributed by atoms with van der Waals surface area (Å²) in [5, 5.41) is 1.11. The number of halogens is 2. The molecule has 0 N–H and O–H groups in total. The second-order valence-electron chi connectivity index (χ2n) is 7.69. The lowest BCUT2D eigenvalue weighted by Crippen LogP contribution is -2.44. The number of hydrogen-bond donors (Lipinski definition) is 0. The lowest BCUT2D eigenvalue weighted by atomic mass is 9.95. The van der Waals surface area contributed by atoms with Crippen molar-refractivity contribution in [2.45, 2.75) is 38.5 Å². The molecule has 4 nitrogen and oxygen atoms in total. The Morgan fingerprint density at radius 3 is 2.36 bits per heavy atom. The van der Waals surface area contributed by atoms with Crippen LogP contribution in [0.3, 0.4) is 0 Å². The maximum atomic E-state index is 13.5. The van der Waals surface area contributed by atoms with Gasteiger partial charge >= 0.3 is 0 Å². The Hall–Kier alpha value is -1.66. The number of thiophene rings is 1. The Morgan fingerprint density at radius 1 is 1.00 bits per heavy atom. The van der Waals surface area contributed by atoms with Crippen molar-refractivity contribution in [1.82, 2.24) is 9.80 Å². The summed E-state index contributed by atoms with van der Waals surface area (Å²) in [5.41, 5.74) is 0. The van der Waals surface area contributed by atoms with Crippen molar-refractivity contribution in [2.75, 3.05) is 26.2 Å². The van der Waals surface area contributed by atoms with Crippen LogP contribution in [0.15, 0.2) is 18.2 Å².